The molecule has 4 aromatic rings. The van der Waals surface area contributed by atoms with Crippen molar-refractivity contribution in [2.75, 3.05) is 0 Å². The van der Waals surface area contributed by atoms with E-state index in [-0.39, 0.29) is 5.56 Å². The lowest BCUT2D eigenvalue weighted by atomic mass is 10.1. The Hall–Kier alpha value is -3.75. The molecule has 0 radical (unpaired) electrons. The fourth-order valence-corrected chi connectivity index (χ4v) is 3.10. The Morgan fingerprint density at radius 1 is 1.03 bits per heavy atom. The van der Waals surface area contributed by atoms with Crippen LogP contribution in [-0.2, 0) is 19.3 Å². The van der Waals surface area contributed by atoms with E-state index in [1.165, 1.54) is 18.7 Å². The summed E-state index contributed by atoms with van der Waals surface area (Å²) in [6, 6.07) is 5.10. The van der Waals surface area contributed by atoms with Crippen LogP contribution >= 0.6 is 0 Å². The molecule has 0 fully saturated rings. The molecule has 0 saturated carbocycles. The van der Waals surface area contributed by atoms with Crippen molar-refractivity contribution in [1.82, 2.24) is 30.1 Å². The Kier molecular flexibility index (Phi) is 7.31. The van der Waals surface area contributed by atoms with Gasteiger partial charge in [-0.25, -0.2) is 24.9 Å². The summed E-state index contributed by atoms with van der Waals surface area (Å²) in [7, 11) is 0. The van der Waals surface area contributed by atoms with Crippen molar-refractivity contribution in [2.45, 2.75) is 47.0 Å². The molecule has 5 heterocycles. The van der Waals surface area contributed by atoms with Crippen molar-refractivity contribution in [3.05, 3.63) is 70.2 Å². The second-order valence-electron chi connectivity index (χ2n) is 6.17. The van der Waals surface area contributed by atoms with Gasteiger partial charge in [-0.2, -0.15) is 0 Å². The SMILES string of the molecule is CC.CC.O=c1ccc2c(CCc3cc(C4=Nc5cncnc5C4)no3)ncnc2[nH]1. The Morgan fingerprint density at radius 3 is 2.68 bits per heavy atom. The number of hydrogen-bond donors (Lipinski definition) is 1. The van der Waals surface area contributed by atoms with Crippen molar-refractivity contribution in [3.63, 3.8) is 0 Å². The molecule has 1 aliphatic rings. The minimum Gasteiger partial charge on any atom is -0.361 e. The van der Waals surface area contributed by atoms with Crippen LogP contribution in [0.15, 0.2) is 51.4 Å². The van der Waals surface area contributed by atoms with Crippen LogP contribution in [0.4, 0.5) is 5.69 Å². The molecule has 31 heavy (non-hydrogen) atoms. The fourth-order valence-electron chi connectivity index (χ4n) is 3.10. The molecule has 1 aliphatic heterocycles. The number of H-pyrrole nitrogens is 1. The molecule has 0 saturated heterocycles. The maximum Gasteiger partial charge on any atom is 0.249 e. The van der Waals surface area contributed by atoms with Crippen LogP contribution in [0.2, 0.25) is 0 Å². The number of rotatable bonds is 4. The first kappa shape index (κ1) is 21.9. The number of aryl methyl sites for hydroxylation is 2. The number of aromatic nitrogens is 6. The molecule has 9 nitrogen and oxygen atoms in total. The van der Waals surface area contributed by atoms with Gasteiger partial charge in [0.25, 0.3) is 0 Å². The molecular formula is C22H25N7O2. The number of nitrogens with one attached hydrogen (secondary N) is 1. The van der Waals surface area contributed by atoms with Crippen LogP contribution in [0, 0.1) is 0 Å². The van der Waals surface area contributed by atoms with Gasteiger partial charge in [-0.05, 0) is 12.5 Å². The molecule has 0 bridgehead atoms. The zero-order valence-corrected chi connectivity index (χ0v) is 18.1. The normalized spacial score (nSPS) is 11.7. The third-order valence-electron chi connectivity index (χ3n) is 4.44. The van der Waals surface area contributed by atoms with Gasteiger partial charge in [-0.1, -0.05) is 32.9 Å². The predicted molar refractivity (Wildman–Crippen MR) is 119 cm³/mol. The van der Waals surface area contributed by atoms with E-state index in [1.807, 2.05) is 33.8 Å². The minimum absolute atomic E-state index is 0.185. The van der Waals surface area contributed by atoms with E-state index in [9.17, 15) is 4.79 Å². The predicted octanol–water partition coefficient (Wildman–Crippen LogP) is 3.61. The standard InChI is InChI=1S/C18H13N7O2.2C2H6/c26-17-4-2-11-12(21-9-22-18(11)24-17)3-1-10-5-15(25-27-10)14-6-13-16(23-14)7-19-8-20-13;2*1-2/h2,4-5,7-9H,1,3,6H2,(H,21,22,24,26);2*1-2H3. The molecule has 160 valence electrons. The van der Waals surface area contributed by atoms with Gasteiger partial charge in [0.15, 0.2) is 0 Å². The van der Waals surface area contributed by atoms with Crippen molar-refractivity contribution < 1.29 is 4.52 Å². The lowest BCUT2D eigenvalue weighted by molar-refractivity contribution is 0.382. The van der Waals surface area contributed by atoms with Crippen molar-refractivity contribution in [2.24, 2.45) is 4.99 Å². The number of nitrogens with zero attached hydrogens (tertiary/aromatic N) is 6. The lowest BCUT2D eigenvalue weighted by Gasteiger charge is -2.02. The summed E-state index contributed by atoms with van der Waals surface area (Å²) in [5.74, 6) is 0.742. The third kappa shape index (κ3) is 4.88. The summed E-state index contributed by atoms with van der Waals surface area (Å²) in [5.41, 5.74) is 4.39. The quantitative estimate of drug-likeness (QED) is 0.536. The van der Waals surface area contributed by atoms with Gasteiger partial charge in [0.05, 0.1) is 23.3 Å². The van der Waals surface area contributed by atoms with E-state index in [0.29, 0.717) is 30.6 Å². The summed E-state index contributed by atoms with van der Waals surface area (Å²) in [6.07, 6.45) is 6.54. The van der Waals surface area contributed by atoms with E-state index < -0.39 is 0 Å². The Bertz CT molecular complexity index is 1240. The number of hydrogen-bond acceptors (Lipinski definition) is 8. The zero-order valence-electron chi connectivity index (χ0n) is 18.1. The van der Waals surface area contributed by atoms with Crippen LogP contribution in [0.25, 0.3) is 11.0 Å². The zero-order chi connectivity index (χ0) is 22.2. The highest BCUT2D eigenvalue weighted by Gasteiger charge is 2.20. The first-order valence-electron chi connectivity index (χ1n) is 10.4. The minimum atomic E-state index is -0.185. The highest BCUT2D eigenvalue weighted by molar-refractivity contribution is 6.04. The number of fused-ring (bicyclic) bond motifs is 2. The molecular weight excluding hydrogens is 394 g/mol. The second kappa shape index (κ2) is 10.3. The molecule has 4 aromatic heterocycles. The summed E-state index contributed by atoms with van der Waals surface area (Å²) >= 11 is 0. The fraction of sp³-hybridized carbons (Fsp3) is 0.318. The maximum absolute atomic E-state index is 11.4. The van der Waals surface area contributed by atoms with Crippen molar-refractivity contribution in [1.29, 1.82) is 0 Å². The van der Waals surface area contributed by atoms with Gasteiger partial charge >= 0.3 is 0 Å². The summed E-state index contributed by atoms with van der Waals surface area (Å²) < 4.78 is 5.46. The highest BCUT2D eigenvalue weighted by atomic mass is 16.5. The summed E-state index contributed by atoms with van der Waals surface area (Å²) in [5, 5.41) is 4.96. The van der Waals surface area contributed by atoms with Crippen LogP contribution in [0.3, 0.4) is 0 Å². The summed E-state index contributed by atoms with van der Waals surface area (Å²) in [4.78, 5) is 35.3. The molecule has 0 unspecified atom stereocenters. The Balaban J connectivity index is 0.000000645. The van der Waals surface area contributed by atoms with E-state index in [0.717, 1.165) is 33.9 Å². The molecule has 5 rings (SSSR count). The molecule has 1 N–H and O–H groups in total. The van der Waals surface area contributed by atoms with E-state index in [4.69, 9.17) is 4.52 Å². The van der Waals surface area contributed by atoms with Crippen molar-refractivity contribution in [3.8, 4) is 0 Å². The largest absolute Gasteiger partial charge is 0.361 e. The molecule has 0 aliphatic carbocycles. The van der Waals surface area contributed by atoms with Crippen LogP contribution in [0.5, 0.6) is 0 Å². The van der Waals surface area contributed by atoms with E-state index >= 15 is 0 Å². The molecule has 0 aromatic carbocycles. The number of aromatic amines is 1. The first-order valence-corrected chi connectivity index (χ1v) is 10.4. The first-order chi connectivity index (χ1) is 15.3. The monoisotopic (exact) mass is 419 g/mol. The van der Waals surface area contributed by atoms with Gasteiger partial charge < -0.3 is 9.51 Å². The molecule has 9 heteroatoms. The van der Waals surface area contributed by atoms with Gasteiger partial charge in [0.1, 0.15) is 35.4 Å². The van der Waals surface area contributed by atoms with Crippen LogP contribution in [0.1, 0.15) is 50.5 Å². The van der Waals surface area contributed by atoms with Gasteiger partial charge in [-0.3, -0.25) is 4.79 Å². The topological polar surface area (TPSA) is 123 Å². The Labute approximate surface area is 179 Å². The van der Waals surface area contributed by atoms with Gasteiger partial charge in [-0.15, -0.1) is 0 Å². The Morgan fingerprint density at radius 2 is 1.87 bits per heavy atom. The second-order valence-corrected chi connectivity index (χ2v) is 6.17. The summed E-state index contributed by atoms with van der Waals surface area (Å²) in [6.45, 7) is 8.00. The van der Waals surface area contributed by atoms with Crippen LogP contribution in [-0.4, -0.2) is 35.8 Å². The smallest absolute Gasteiger partial charge is 0.249 e. The molecule has 0 atom stereocenters. The molecule has 0 amide bonds. The maximum atomic E-state index is 11.4. The average Bonchev–Trinajstić information content (AvgIpc) is 3.47. The average molecular weight is 419 g/mol. The van der Waals surface area contributed by atoms with Gasteiger partial charge in [0, 0.05) is 30.4 Å². The van der Waals surface area contributed by atoms with E-state index in [2.05, 4.69) is 35.1 Å². The van der Waals surface area contributed by atoms with Crippen molar-refractivity contribution >= 4 is 22.4 Å². The van der Waals surface area contributed by atoms with E-state index in [1.54, 1.807) is 12.3 Å². The highest BCUT2D eigenvalue weighted by Crippen LogP contribution is 2.25. The molecule has 0 spiro atoms. The number of aliphatic imine (C=N–C) groups is 1. The van der Waals surface area contributed by atoms with Crippen LogP contribution < -0.4 is 5.56 Å². The third-order valence-corrected chi connectivity index (χ3v) is 4.44. The van der Waals surface area contributed by atoms with Gasteiger partial charge in [0.2, 0.25) is 5.56 Å². The number of pyridine rings is 1. The lowest BCUT2D eigenvalue weighted by Crippen LogP contribution is -2.06.